The molecule has 0 atom stereocenters. The third kappa shape index (κ3) is 3.28. The fourth-order valence-corrected chi connectivity index (χ4v) is 2.05. The summed E-state index contributed by atoms with van der Waals surface area (Å²) in [5.41, 5.74) is 2.93. The van der Waals surface area contributed by atoms with Crippen LogP contribution in [0.3, 0.4) is 0 Å². The monoisotopic (exact) mass is 265 g/mol. The Morgan fingerprint density at radius 1 is 0.895 bits per heavy atom. The zero-order valence-corrected chi connectivity index (χ0v) is 10.7. The normalized spacial score (nSPS) is 10.6. The summed E-state index contributed by atoms with van der Waals surface area (Å²) < 4.78 is 39.5. The van der Waals surface area contributed by atoms with E-state index >= 15 is 0 Å². The Balaban J connectivity index is 2.19. The first-order valence-corrected chi connectivity index (χ1v) is 5.91. The molecule has 1 N–H and O–H groups in total. The third-order valence-electron chi connectivity index (χ3n) is 2.76. The standard InChI is InChI=1S/C15H14F3N/c1-9-3-10(2)5-11(4-9)8-19-14-7-12(16)6-13(17)15(14)18/h3-7,19H,8H2,1-2H3. The molecule has 0 unspecified atom stereocenters. The second-order valence-corrected chi connectivity index (χ2v) is 4.60. The smallest absolute Gasteiger partial charge is 0.182 e. The van der Waals surface area contributed by atoms with Crippen LogP contribution >= 0.6 is 0 Å². The highest BCUT2D eigenvalue weighted by molar-refractivity contribution is 5.46. The molecule has 4 heteroatoms. The summed E-state index contributed by atoms with van der Waals surface area (Å²) >= 11 is 0. The molecule has 2 aromatic rings. The van der Waals surface area contributed by atoms with Crippen LogP contribution in [0.4, 0.5) is 18.9 Å². The van der Waals surface area contributed by atoms with Gasteiger partial charge in [-0.2, -0.15) is 0 Å². The van der Waals surface area contributed by atoms with Crippen molar-refractivity contribution in [3.63, 3.8) is 0 Å². The van der Waals surface area contributed by atoms with Gasteiger partial charge in [-0.05, 0) is 19.4 Å². The van der Waals surface area contributed by atoms with E-state index in [0.717, 1.165) is 22.8 Å². The van der Waals surface area contributed by atoms with Crippen LogP contribution in [0, 0.1) is 31.3 Å². The number of aryl methyl sites for hydroxylation is 2. The van der Waals surface area contributed by atoms with Gasteiger partial charge in [0.25, 0.3) is 0 Å². The Morgan fingerprint density at radius 3 is 2.16 bits per heavy atom. The zero-order valence-electron chi connectivity index (χ0n) is 10.7. The lowest BCUT2D eigenvalue weighted by Gasteiger charge is -2.10. The van der Waals surface area contributed by atoms with Gasteiger partial charge in [0.15, 0.2) is 11.6 Å². The number of halogens is 3. The molecule has 0 spiro atoms. The maximum Gasteiger partial charge on any atom is 0.182 e. The third-order valence-corrected chi connectivity index (χ3v) is 2.76. The zero-order chi connectivity index (χ0) is 14.0. The van der Waals surface area contributed by atoms with Gasteiger partial charge in [-0.15, -0.1) is 0 Å². The number of hydrogen-bond donors (Lipinski definition) is 1. The number of hydrogen-bond acceptors (Lipinski definition) is 1. The van der Waals surface area contributed by atoms with Crippen molar-refractivity contribution in [2.75, 3.05) is 5.32 Å². The molecule has 1 nitrogen and oxygen atoms in total. The van der Waals surface area contributed by atoms with Crippen molar-refractivity contribution in [2.45, 2.75) is 20.4 Å². The van der Waals surface area contributed by atoms with Gasteiger partial charge in [0.05, 0.1) is 5.69 Å². The average Bonchev–Trinajstić information content (AvgIpc) is 2.30. The largest absolute Gasteiger partial charge is 0.378 e. The molecule has 0 aliphatic rings. The average molecular weight is 265 g/mol. The fourth-order valence-electron chi connectivity index (χ4n) is 2.05. The summed E-state index contributed by atoms with van der Waals surface area (Å²) in [6, 6.07) is 7.37. The van der Waals surface area contributed by atoms with Crippen LogP contribution in [-0.4, -0.2) is 0 Å². The number of anilines is 1. The van der Waals surface area contributed by atoms with Crippen molar-refractivity contribution in [2.24, 2.45) is 0 Å². The highest BCUT2D eigenvalue weighted by Crippen LogP contribution is 2.20. The van der Waals surface area contributed by atoms with E-state index in [4.69, 9.17) is 0 Å². The summed E-state index contributed by atoms with van der Waals surface area (Å²) in [6.07, 6.45) is 0. The highest BCUT2D eigenvalue weighted by Gasteiger charge is 2.10. The molecule has 0 saturated carbocycles. The molecule has 0 aromatic heterocycles. The van der Waals surface area contributed by atoms with E-state index in [2.05, 4.69) is 5.32 Å². The van der Waals surface area contributed by atoms with Crippen molar-refractivity contribution < 1.29 is 13.2 Å². The predicted octanol–water partition coefficient (Wildman–Crippen LogP) is 4.33. The SMILES string of the molecule is Cc1cc(C)cc(CNc2cc(F)cc(F)c2F)c1. The maximum atomic E-state index is 13.4. The van der Waals surface area contributed by atoms with Crippen LogP contribution in [0.5, 0.6) is 0 Å². The van der Waals surface area contributed by atoms with Gasteiger partial charge < -0.3 is 5.32 Å². The Labute approximate surface area is 110 Å². The van der Waals surface area contributed by atoms with Gasteiger partial charge in [0.1, 0.15) is 5.82 Å². The Kier molecular flexibility index (Phi) is 3.79. The maximum absolute atomic E-state index is 13.4. The highest BCUT2D eigenvalue weighted by atomic mass is 19.2. The molecule has 2 aromatic carbocycles. The summed E-state index contributed by atoms with van der Waals surface area (Å²) in [5.74, 6) is -3.06. The van der Waals surface area contributed by atoms with E-state index in [1.807, 2.05) is 32.0 Å². The van der Waals surface area contributed by atoms with Crippen molar-refractivity contribution in [1.29, 1.82) is 0 Å². The van der Waals surface area contributed by atoms with Gasteiger partial charge >= 0.3 is 0 Å². The van der Waals surface area contributed by atoms with Gasteiger partial charge in [-0.1, -0.05) is 29.3 Å². The topological polar surface area (TPSA) is 12.0 Å². The first kappa shape index (κ1) is 13.5. The van der Waals surface area contributed by atoms with Crippen molar-refractivity contribution >= 4 is 5.69 Å². The van der Waals surface area contributed by atoms with E-state index in [-0.39, 0.29) is 5.69 Å². The molecule has 0 bridgehead atoms. The van der Waals surface area contributed by atoms with E-state index in [0.29, 0.717) is 12.6 Å². The van der Waals surface area contributed by atoms with Gasteiger partial charge in [0, 0.05) is 18.7 Å². The molecule has 0 fully saturated rings. The Morgan fingerprint density at radius 2 is 1.53 bits per heavy atom. The van der Waals surface area contributed by atoms with Gasteiger partial charge in [-0.25, -0.2) is 13.2 Å². The van der Waals surface area contributed by atoms with Gasteiger partial charge in [0.2, 0.25) is 0 Å². The first-order valence-electron chi connectivity index (χ1n) is 5.91. The van der Waals surface area contributed by atoms with Crippen LogP contribution in [0.2, 0.25) is 0 Å². The second-order valence-electron chi connectivity index (χ2n) is 4.60. The van der Waals surface area contributed by atoms with E-state index < -0.39 is 17.5 Å². The molecule has 0 radical (unpaired) electrons. The Bertz CT molecular complexity index is 588. The number of rotatable bonds is 3. The predicted molar refractivity (Wildman–Crippen MR) is 69.6 cm³/mol. The summed E-state index contributed by atoms with van der Waals surface area (Å²) in [5, 5.41) is 2.71. The lowest BCUT2D eigenvalue weighted by Crippen LogP contribution is -2.04. The number of benzene rings is 2. The fraction of sp³-hybridized carbons (Fsp3) is 0.200. The minimum atomic E-state index is -1.19. The van der Waals surface area contributed by atoms with Crippen LogP contribution in [0.15, 0.2) is 30.3 Å². The molecule has 2 rings (SSSR count). The number of nitrogens with one attached hydrogen (secondary N) is 1. The molecule has 100 valence electrons. The lowest BCUT2D eigenvalue weighted by atomic mass is 10.1. The molecule has 0 saturated heterocycles. The molecule has 19 heavy (non-hydrogen) atoms. The summed E-state index contributed by atoms with van der Waals surface area (Å²) in [6.45, 7) is 4.22. The lowest BCUT2D eigenvalue weighted by molar-refractivity contribution is 0.497. The van der Waals surface area contributed by atoms with E-state index in [9.17, 15) is 13.2 Å². The van der Waals surface area contributed by atoms with Crippen molar-refractivity contribution in [3.8, 4) is 0 Å². The summed E-state index contributed by atoms with van der Waals surface area (Å²) in [4.78, 5) is 0. The Hall–Kier alpha value is -1.97. The minimum Gasteiger partial charge on any atom is -0.378 e. The van der Waals surface area contributed by atoms with E-state index in [1.165, 1.54) is 0 Å². The van der Waals surface area contributed by atoms with Crippen molar-refractivity contribution in [1.82, 2.24) is 0 Å². The quantitative estimate of drug-likeness (QED) is 0.814. The molecule has 0 amide bonds. The molecule has 0 aliphatic carbocycles. The van der Waals surface area contributed by atoms with Gasteiger partial charge in [-0.3, -0.25) is 0 Å². The second kappa shape index (κ2) is 5.34. The molecular weight excluding hydrogens is 251 g/mol. The van der Waals surface area contributed by atoms with Crippen molar-refractivity contribution in [3.05, 3.63) is 64.5 Å². The molecular formula is C15H14F3N. The molecule has 0 aliphatic heterocycles. The summed E-state index contributed by atoms with van der Waals surface area (Å²) in [7, 11) is 0. The van der Waals surface area contributed by atoms with E-state index in [1.54, 1.807) is 0 Å². The molecule has 0 heterocycles. The van der Waals surface area contributed by atoms with Crippen LogP contribution < -0.4 is 5.32 Å². The van der Waals surface area contributed by atoms with Crippen LogP contribution in [0.25, 0.3) is 0 Å². The first-order chi connectivity index (χ1) is 8.95. The van der Waals surface area contributed by atoms with Crippen LogP contribution in [-0.2, 0) is 6.54 Å². The minimum absolute atomic E-state index is 0.170. The van der Waals surface area contributed by atoms with Crippen LogP contribution in [0.1, 0.15) is 16.7 Å².